The van der Waals surface area contributed by atoms with Crippen LogP contribution in [0.1, 0.15) is 18.1 Å². The summed E-state index contributed by atoms with van der Waals surface area (Å²) in [5.41, 5.74) is 2.49. The number of ether oxygens (including phenoxy) is 1. The number of halogens is 2. The van der Waals surface area contributed by atoms with E-state index >= 15 is 0 Å². The second kappa shape index (κ2) is 8.18. The average Bonchev–Trinajstić information content (AvgIpc) is 2.51. The second-order valence-electron chi connectivity index (χ2n) is 4.90. The Labute approximate surface area is 149 Å². The zero-order valence-electron chi connectivity index (χ0n) is 12.9. The van der Waals surface area contributed by atoms with Crippen LogP contribution in [0.5, 0.6) is 5.75 Å². The topological polar surface area (TPSA) is 38.3 Å². The summed E-state index contributed by atoms with van der Waals surface area (Å²) in [6, 6.07) is 11.1. The van der Waals surface area contributed by atoms with Crippen molar-refractivity contribution in [3.63, 3.8) is 0 Å². The van der Waals surface area contributed by atoms with Crippen molar-refractivity contribution in [2.45, 2.75) is 13.8 Å². The van der Waals surface area contributed by atoms with Gasteiger partial charge in [0.2, 0.25) is 5.91 Å². The molecule has 23 heavy (non-hydrogen) atoms. The highest BCUT2D eigenvalue weighted by Gasteiger charge is 2.05. The first kappa shape index (κ1) is 17.6. The summed E-state index contributed by atoms with van der Waals surface area (Å²) in [4.78, 5) is 12.1. The lowest BCUT2D eigenvalue weighted by Crippen LogP contribution is -2.09. The second-order valence-corrected chi connectivity index (χ2v) is 6.25. The molecule has 1 amide bonds. The van der Waals surface area contributed by atoms with E-state index in [2.05, 4.69) is 21.2 Å². The third-order valence-electron chi connectivity index (χ3n) is 3.14. The molecule has 0 unspecified atom stereocenters. The van der Waals surface area contributed by atoms with Crippen molar-refractivity contribution in [2.24, 2.45) is 0 Å². The first-order chi connectivity index (χ1) is 11.0. The Morgan fingerprint density at radius 3 is 2.83 bits per heavy atom. The van der Waals surface area contributed by atoms with Gasteiger partial charge in [0.15, 0.2) is 0 Å². The highest BCUT2D eigenvalue weighted by atomic mass is 79.9. The first-order valence-corrected chi connectivity index (χ1v) is 8.34. The van der Waals surface area contributed by atoms with Gasteiger partial charge >= 0.3 is 0 Å². The van der Waals surface area contributed by atoms with Gasteiger partial charge in [-0.3, -0.25) is 4.79 Å². The van der Waals surface area contributed by atoms with Crippen molar-refractivity contribution in [1.29, 1.82) is 0 Å². The summed E-state index contributed by atoms with van der Waals surface area (Å²) in [7, 11) is 0. The average molecular weight is 395 g/mol. The van der Waals surface area contributed by atoms with E-state index in [1.54, 1.807) is 18.2 Å². The molecular formula is C18H17BrClNO2. The Hall–Kier alpha value is -1.78. The SMILES string of the molecule is CCOc1ccc(Br)cc1C=CC(=O)Nc1cc(Cl)ccc1C. The lowest BCUT2D eigenvalue weighted by Gasteiger charge is -2.08. The first-order valence-electron chi connectivity index (χ1n) is 7.17. The summed E-state index contributed by atoms with van der Waals surface area (Å²) >= 11 is 9.38. The van der Waals surface area contributed by atoms with Crippen LogP contribution in [0.15, 0.2) is 46.9 Å². The fourth-order valence-electron chi connectivity index (χ4n) is 2.01. The highest BCUT2D eigenvalue weighted by Crippen LogP contribution is 2.25. The maximum absolute atomic E-state index is 12.1. The van der Waals surface area contributed by atoms with Gasteiger partial charge in [-0.05, 0) is 55.8 Å². The molecule has 0 saturated carbocycles. The number of carbonyl (C=O) groups excluding carboxylic acids is 1. The van der Waals surface area contributed by atoms with Gasteiger partial charge in [0.1, 0.15) is 5.75 Å². The minimum absolute atomic E-state index is 0.224. The Morgan fingerprint density at radius 1 is 1.30 bits per heavy atom. The minimum Gasteiger partial charge on any atom is -0.493 e. The molecule has 5 heteroatoms. The molecule has 0 bridgehead atoms. The van der Waals surface area contributed by atoms with E-state index < -0.39 is 0 Å². The Balaban J connectivity index is 2.15. The number of rotatable bonds is 5. The van der Waals surface area contributed by atoms with E-state index in [4.69, 9.17) is 16.3 Å². The summed E-state index contributed by atoms with van der Waals surface area (Å²) in [6.07, 6.45) is 3.20. The molecule has 0 aliphatic heterocycles. The van der Waals surface area contributed by atoms with Crippen LogP contribution in [-0.2, 0) is 4.79 Å². The number of benzene rings is 2. The summed E-state index contributed by atoms with van der Waals surface area (Å²) in [5.74, 6) is 0.511. The minimum atomic E-state index is -0.224. The maximum Gasteiger partial charge on any atom is 0.248 e. The van der Waals surface area contributed by atoms with Crippen molar-refractivity contribution in [1.82, 2.24) is 0 Å². The van der Waals surface area contributed by atoms with Crippen LogP contribution in [0.25, 0.3) is 6.08 Å². The molecule has 0 fully saturated rings. The van der Waals surface area contributed by atoms with Crippen LogP contribution in [0.4, 0.5) is 5.69 Å². The van der Waals surface area contributed by atoms with Crippen molar-refractivity contribution >= 4 is 45.2 Å². The van der Waals surface area contributed by atoms with Gasteiger partial charge in [0, 0.05) is 26.8 Å². The number of aryl methyl sites for hydroxylation is 1. The smallest absolute Gasteiger partial charge is 0.248 e. The van der Waals surface area contributed by atoms with E-state index in [1.807, 2.05) is 38.1 Å². The molecular weight excluding hydrogens is 378 g/mol. The van der Waals surface area contributed by atoms with E-state index in [9.17, 15) is 4.79 Å². The molecule has 2 rings (SSSR count). The predicted octanol–water partition coefficient (Wildman–Crippen LogP) is 5.46. The Bertz CT molecular complexity index is 744. The quantitative estimate of drug-likeness (QED) is 0.684. The molecule has 0 aliphatic rings. The van der Waals surface area contributed by atoms with Crippen LogP contribution in [0.2, 0.25) is 5.02 Å². The zero-order chi connectivity index (χ0) is 16.8. The molecule has 0 aromatic heterocycles. The van der Waals surface area contributed by atoms with Gasteiger partial charge in [-0.25, -0.2) is 0 Å². The summed E-state index contributed by atoms with van der Waals surface area (Å²) in [6.45, 7) is 4.40. The van der Waals surface area contributed by atoms with Gasteiger partial charge in [0.05, 0.1) is 6.61 Å². The molecule has 3 nitrogen and oxygen atoms in total. The molecule has 0 atom stereocenters. The van der Waals surface area contributed by atoms with Gasteiger partial charge in [-0.2, -0.15) is 0 Å². The largest absolute Gasteiger partial charge is 0.493 e. The molecule has 0 radical (unpaired) electrons. The van der Waals surface area contributed by atoms with E-state index in [1.165, 1.54) is 6.08 Å². The van der Waals surface area contributed by atoms with E-state index in [0.29, 0.717) is 17.3 Å². The van der Waals surface area contributed by atoms with Gasteiger partial charge in [-0.1, -0.05) is 33.6 Å². The summed E-state index contributed by atoms with van der Waals surface area (Å²) < 4.78 is 6.48. The number of anilines is 1. The standard InChI is InChI=1S/C18H17BrClNO2/c1-3-23-17-8-6-14(19)10-13(17)5-9-18(22)21-16-11-15(20)7-4-12(16)2/h4-11H,3H2,1-2H3,(H,21,22). The number of amides is 1. The normalized spacial score (nSPS) is 10.8. The molecule has 0 heterocycles. The molecule has 1 N–H and O–H groups in total. The van der Waals surface area contributed by atoms with E-state index in [0.717, 1.165) is 21.3 Å². The number of carbonyl (C=O) groups is 1. The monoisotopic (exact) mass is 393 g/mol. The van der Waals surface area contributed by atoms with Crippen molar-refractivity contribution in [3.05, 3.63) is 63.1 Å². The maximum atomic E-state index is 12.1. The number of nitrogens with one attached hydrogen (secondary N) is 1. The number of hydrogen-bond acceptors (Lipinski definition) is 2. The van der Waals surface area contributed by atoms with Crippen LogP contribution in [-0.4, -0.2) is 12.5 Å². The highest BCUT2D eigenvalue weighted by molar-refractivity contribution is 9.10. The lowest BCUT2D eigenvalue weighted by molar-refractivity contribution is -0.111. The van der Waals surface area contributed by atoms with Gasteiger partial charge < -0.3 is 10.1 Å². The van der Waals surface area contributed by atoms with Crippen LogP contribution < -0.4 is 10.1 Å². The molecule has 0 aliphatic carbocycles. The third-order valence-corrected chi connectivity index (χ3v) is 3.87. The molecule has 2 aromatic carbocycles. The van der Waals surface area contributed by atoms with Crippen LogP contribution >= 0.6 is 27.5 Å². The lowest BCUT2D eigenvalue weighted by atomic mass is 10.1. The summed E-state index contributed by atoms with van der Waals surface area (Å²) in [5, 5.41) is 3.41. The van der Waals surface area contributed by atoms with Crippen molar-refractivity contribution in [2.75, 3.05) is 11.9 Å². The molecule has 2 aromatic rings. The number of hydrogen-bond donors (Lipinski definition) is 1. The van der Waals surface area contributed by atoms with Crippen LogP contribution in [0, 0.1) is 6.92 Å². The Morgan fingerprint density at radius 2 is 2.09 bits per heavy atom. The molecule has 0 spiro atoms. The van der Waals surface area contributed by atoms with E-state index in [-0.39, 0.29) is 5.91 Å². The molecule has 120 valence electrons. The van der Waals surface area contributed by atoms with Crippen molar-refractivity contribution in [3.8, 4) is 5.75 Å². The molecule has 0 saturated heterocycles. The Kier molecular flexibility index (Phi) is 6.25. The zero-order valence-corrected chi connectivity index (χ0v) is 15.2. The third kappa shape index (κ3) is 5.12. The predicted molar refractivity (Wildman–Crippen MR) is 99.2 cm³/mol. The fourth-order valence-corrected chi connectivity index (χ4v) is 2.56. The van der Waals surface area contributed by atoms with Gasteiger partial charge in [0.25, 0.3) is 0 Å². The van der Waals surface area contributed by atoms with Crippen molar-refractivity contribution < 1.29 is 9.53 Å². The van der Waals surface area contributed by atoms with Crippen LogP contribution in [0.3, 0.4) is 0 Å². The fraction of sp³-hybridized carbons (Fsp3) is 0.167. The van der Waals surface area contributed by atoms with Gasteiger partial charge in [-0.15, -0.1) is 0 Å².